The summed E-state index contributed by atoms with van der Waals surface area (Å²) in [6, 6.07) is 12.1. The molecule has 1 N–H and O–H groups in total. The lowest BCUT2D eigenvalue weighted by Crippen LogP contribution is -2.07. The summed E-state index contributed by atoms with van der Waals surface area (Å²) < 4.78 is 7.60. The number of fused-ring (bicyclic) bond motifs is 1. The van der Waals surface area contributed by atoms with Crippen molar-refractivity contribution in [2.45, 2.75) is 32.9 Å². The number of imidazole rings is 1. The molecule has 20 heavy (non-hydrogen) atoms. The normalized spacial score (nSPS) is 11.1. The molecule has 0 amide bonds. The first-order valence-corrected chi connectivity index (χ1v) is 7.10. The molecule has 1 aromatic carbocycles. The third kappa shape index (κ3) is 2.54. The molecule has 0 aliphatic heterocycles. The van der Waals surface area contributed by atoms with Gasteiger partial charge in [0.2, 0.25) is 5.95 Å². The van der Waals surface area contributed by atoms with E-state index < -0.39 is 0 Å². The summed E-state index contributed by atoms with van der Waals surface area (Å²) >= 11 is 0. The number of nitrogens with zero attached hydrogens (tertiary/aromatic N) is 2. The van der Waals surface area contributed by atoms with Gasteiger partial charge in [-0.15, -0.1) is 0 Å². The topological polar surface area (TPSA) is 43.0 Å². The van der Waals surface area contributed by atoms with Crippen LogP contribution in [0.5, 0.6) is 0 Å². The highest BCUT2D eigenvalue weighted by molar-refractivity contribution is 5.78. The van der Waals surface area contributed by atoms with Crippen molar-refractivity contribution in [2.75, 3.05) is 5.32 Å². The van der Waals surface area contributed by atoms with Crippen LogP contribution in [0.3, 0.4) is 0 Å². The standard InChI is InChI=1S/C16H19N3O/c1-2-3-10-19-15-9-5-4-8-14(15)18-16(19)17-12-13-7-6-11-20-13/h4-9,11H,2-3,10,12H2,1H3,(H,17,18). The summed E-state index contributed by atoms with van der Waals surface area (Å²) in [6.45, 7) is 3.84. The molecule has 0 atom stereocenters. The minimum absolute atomic E-state index is 0.655. The van der Waals surface area contributed by atoms with Crippen LogP contribution in [0, 0.1) is 0 Å². The monoisotopic (exact) mass is 269 g/mol. The molecule has 3 aromatic rings. The van der Waals surface area contributed by atoms with E-state index in [4.69, 9.17) is 4.42 Å². The van der Waals surface area contributed by atoms with Gasteiger partial charge in [0.25, 0.3) is 0 Å². The van der Waals surface area contributed by atoms with Gasteiger partial charge in [-0.2, -0.15) is 0 Å². The Morgan fingerprint density at radius 2 is 2.10 bits per heavy atom. The van der Waals surface area contributed by atoms with Gasteiger partial charge < -0.3 is 14.3 Å². The van der Waals surface area contributed by atoms with Crippen molar-refractivity contribution in [3.8, 4) is 0 Å². The van der Waals surface area contributed by atoms with Crippen LogP contribution in [-0.2, 0) is 13.1 Å². The Kier molecular flexibility index (Phi) is 3.72. The lowest BCUT2D eigenvalue weighted by molar-refractivity contribution is 0.516. The minimum Gasteiger partial charge on any atom is -0.467 e. The average molecular weight is 269 g/mol. The third-order valence-corrected chi connectivity index (χ3v) is 3.39. The quantitative estimate of drug-likeness (QED) is 0.734. The minimum atomic E-state index is 0.655. The molecule has 3 rings (SSSR count). The number of nitrogens with one attached hydrogen (secondary N) is 1. The molecule has 0 saturated heterocycles. The second-order valence-corrected chi connectivity index (χ2v) is 4.86. The number of para-hydroxylation sites is 2. The number of benzene rings is 1. The first-order chi connectivity index (χ1) is 9.88. The largest absolute Gasteiger partial charge is 0.467 e. The fourth-order valence-electron chi connectivity index (χ4n) is 2.33. The van der Waals surface area contributed by atoms with Gasteiger partial charge >= 0.3 is 0 Å². The predicted octanol–water partition coefficient (Wildman–Crippen LogP) is 4.04. The van der Waals surface area contributed by atoms with Gasteiger partial charge in [0, 0.05) is 6.54 Å². The van der Waals surface area contributed by atoms with Crippen LogP contribution in [0.4, 0.5) is 5.95 Å². The lowest BCUT2D eigenvalue weighted by Gasteiger charge is -2.09. The smallest absolute Gasteiger partial charge is 0.204 e. The highest BCUT2D eigenvalue weighted by Crippen LogP contribution is 2.20. The number of aromatic nitrogens is 2. The fraction of sp³-hybridized carbons (Fsp3) is 0.312. The maximum atomic E-state index is 5.35. The maximum absolute atomic E-state index is 5.35. The number of hydrogen-bond acceptors (Lipinski definition) is 3. The molecule has 0 fully saturated rings. The van der Waals surface area contributed by atoms with Gasteiger partial charge in [0.15, 0.2) is 0 Å². The molecule has 4 heteroatoms. The SMILES string of the molecule is CCCCn1c(NCc2ccco2)nc2ccccc21. The van der Waals surface area contributed by atoms with Crippen molar-refractivity contribution in [1.29, 1.82) is 0 Å². The van der Waals surface area contributed by atoms with Crippen LogP contribution in [-0.4, -0.2) is 9.55 Å². The summed E-state index contributed by atoms with van der Waals surface area (Å²) in [5, 5.41) is 3.37. The van der Waals surface area contributed by atoms with E-state index >= 15 is 0 Å². The van der Waals surface area contributed by atoms with E-state index in [2.05, 4.69) is 40.0 Å². The van der Waals surface area contributed by atoms with Gasteiger partial charge in [-0.25, -0.2) is 4.98 Å². The van der Waals surface area contributed by atoms with Crippen molar-refractivity contribution >= 4 is 17.0 Å². The summed E-state index contributed by atoms with van der Waals surface area (Å²) in [6.07, 6.45) is 4.01. The Morgan fingerprint density at radius 1 is 1.20 bits per heavy atom. The number of aryl methyl sites for hydroxylation is 1. The number of anilines is 1. The molecule has 104 valence electrons. The molecule has 4 nitrogen and oxygen atoms in total. The first-order valence-electron chi connectivity index (χ1n) is 7.10. The average Bonchev–Trinajstić information content (AvgIpc) is 3.10. The second kappa shape index (κ2) is 5.82. The second-order valence-electron chi connectivity index (χ2n) is 4.86. The Bertz CT molecular complexity index is 670. The Hall–Kier alpha value is -2.23. The highest BCUT2D eigenvalue weighted by atomic mass is 16.3. The van der Waals surface area contributed by atoms with Crippen LogP contribution >= 0.6 is 0 Å². The predicted molar refractivity (Wildman–Crippen MR) is 80.7 cm³/mol. The molecule has 0 spiro atoms. The molecule has 0 saturated carbocycles. The van der Waals surface area contributed by atoms with Gasteiger partial charge in [-0.05, 0) is 30.7 Å². The summed E-state index contributed by atoms with van der Waals surface area (Å²) in [5.41, 5.74) is 2.22. The number of unbranched alkanes of at least 4 members (excludes halogenated alkanes) is 1. The summed E-state index contributed by atoms with van der Waals surface area (Å²) in [5.74, 6) is 1.83. The van der Waals surface area contributed by atoms with Crippen LogP contribution in [0.1, 0.15) is 25.5 Å². The fourth-order valence-corrected chi connectivity index (χ4v) is 2.33. The van der Waals surface area contributed by atoms with Crippen LogP contribution in [0.15, 0.2) is 47.1 Å². The van der Waals surface area contributed by atoms with Crippen LogP contribution in [0.2, 0.25) is 0 Å². The first kappa shape index (κ1) is 12.8. The van der Waals surface area contributed by atoms with Crippen LogP contribution in [0.25, 0.3) is 11.0 Å². The zero-order chi connectivity index (χ0) is 13.8. The van der Waals surface area contributed by atoms with Crippen molar-refractivity contribution in [2.24, 2.45) is 0 Å². The van der Waals surface area contributed by atoms with E-state index in [0.29, 0.717) is 6.54 Å². The molecule has 0 bridgehead atoms. The van der Waals surface area contributed by atoms with Gasteiger partial charge in [-0.3, -0.25) is 0 Å². The van der Waals surface area contributed by atoms with E-state index in [0.717, 1.165) is 30.2 Å². The van der Waals surface area contributed by atoms with E-state index in [9.17, 15) is 0 Å². The van der Waals surface area contributed by atoms with E-state index in [1.807, 2.05) is 18.2 Å². The highest BCUT2D eigenvalue weighted by Gasteiger charge is 2.09. The number of furan rings is 1. The molecule has 0 aliphatic rings. The molecule has 0 unspecified atom stereocenters. The van der Waals surface area contributed by atoms with Crippen molar-refractivity contribution < 1.29 is 4.42 Å². The third-order valence-electron chi connectivity index (χ3n) is 3.39. The number of hydrogen-bond donors (Lipinski definition) is 1. The number of rotatable bonds is 6. The van der Waals surface area contributed by atoms with Gasteiger partial charge in [-0.1, -0.05) is 25.5 Å². The van der Waals surface area contributed by atoms with Crippen molar-refractivity contribution in [3.05, 3.63) is 48.4 Å². The van der Waals surface area contributed by atoms with Gasteiger partial charge in [0.1, 0.15) is 5.76 Å². The molecule has 0 radical (unpaired) electrons. The molecule has 2 aromatic heterocycles. The van der Waals surface area contributed by atoms with Gasteiger partial charge in [0.05, 0.1) is 23.8 Å². The Morgan fingerprint density at radius 3 is 2.90 bits per heavy atom. The van der Waals surface area contributed by atoms with Crippen molar-refractivity contribution in [1.82, 2.24) is 9.55 Å². The summed E-state index contributed by atoms with van der Waals surface area (Å²) in [4.78, 5) is 4.68. The van der Waals surface area contributed by atoms with E-state index in [1.54, 1.807) is 6.26 Å². The van der Waals surface area contributed by atoms with Crippen molar-refractivity contribution in [3.63, 3.8) is 0 Å². The summed E-state index contributed by atoms with van der Waals surface area (Å²) in [7, 11) is 0. The van der Waals surface area contributed by atoms with E-state index in [-0.39, 0.29) is 0 Å². The van der Waals surface area contributed by atoms with Crippen LogP contribution < -0.4 is 5.32 Å². The Balaban J connectivity index is 1.87. The zero-order valence-corrected chi connectivity index (χ0v) is 11.7. The Labute approximate surface area is 118 Å². The molecule has 2 heterocycles. The molecule has 0 aliphatic carbocycles. The molecular formula is C16H19N3O. The zero-order valence-electron chi connectivity index (χ0n) is 11.7. The molecular weight excluding hydrogens is 250 g/mol. The lowest BCUT2D eigenvalue weighted by atomic mass is 10.3. The van der Waals surface area contributed by atoms with E-state index in [1.165, 1.54) is 11.9 Å². The maximum Gasteiger partial charge on any atom is 0.204 e.